The van der Waals surface area contributed by atoms with Crippen molar-refractivity contribution in [2.24, 2.45) is 0 Å². The summed E-state index contributed by atoms with van der Waals surface area (Å²) in [5, 5.41) is 0. The van der Waals surface area contributed by atoms with Crippen molar-refractivity contribution in [3.63, 3.8) is 0 Å². The van der Waals surface area contributed by atoms with Crippen LogP contribution in [-0.4, -0.2) is 18.5 Å². The molecular formula is C14H24O2. The summed E-state index contributed by atoms with van der Waals surface area (Å²) in [4.78, 5) is 0. The molecule has 2 atom stereocenters. The van der Waals surface area contributed by atoms with Crippen LogP contribution in [0.25, 0.3) is 0 Å². The normalized spacial score (nSPS) is 32.2. The topological polar surface area (TPSA) is 18.5 Å². The average Bonchev–Trinajstić information content (AvgIpc) is 2.59. The molecule has 1 aliphatic heterocycles. The molecule has 0 N–H and O–H groups in total. The van der Waals surface area contributed by atoms with E-state index in [1.807, 2.05) is 0 Å². The minimum Gasteiger partial charge on any atom is -0.343 e. The fourth-order valence-corrected chi connectivity index (χ4v) is 1.63. The number of hydrogen-bond acceptors (Lipinski definition) is 2. The van der Waals surface area contributed by atoms with Crippen LogP contribution < -0.4 is 0 Å². The molecule has 0 bridgehead atoms. The van der Waals surface area contributed by atoms with Gasteiger partial charge < -0.3 is 9.47 Å². The first-order valence-corrected chi connectivity index (χ1v) is 6.14. The maximum absolute atomic E-state index is 5.71. The molecule has 0 radical (unpaired) electrons. The Morgan fingerprint density at radius 3 is 2.19 bits per heavy atom. The van der Waals surface area contributed by atoms with E-state index in [0.29, 0.717) is 0 Å². The Labute approximate surface area is 99.3 Å². The number of hydrogen-bond donors (Lipinski definition) is 0. The molecule has 0 aromatic rings. The van der Waals surface area contributed by atoms with E-state index in [2.05, 4.69) is 46.8 Å². The first-order chi connectivity index (χ1) is 7.54. The zero-order valence-electron chi connectivity index (χ0n) is 11.1. The van der Waals surface area contributed by atoms with E-state index in [9.17, 15) is 0 Å². The third-order valence-corrected chi connectivity index (χ3v) is 3.21. The van der Waals surface area contributed by atoms with Crippen molar-refractivity contribution in [1.82, 2.24) is 0 Å². The van der Waals surface area contributed by atoms with Crippen LogP contribution in [0.5, 0.6) is 0 Å². The second-order valence-corrected chi connectivity index (χ2v) is 4.64. The molecule has 2 unspecified atom stereocenters. The van der Waals surface area contributed by atoms with Crippen LogP contribution in [0.4, 0.5) is 0 Å². The largest absolute Gasteiger partial charge is 0.343 e. The highest BCUT2D eigenvalue weighted by Crippen LogP contribution is 2.24. The fourth-order valence-electron chi connectivity index (χ4n) is 1.63. The third kappa shape index (κ3) is 3.76. The van der Waals surface area contributed by atoms with Gasteiger partial charge in [-0.05, 0) is 53.0 Å². The lowest BCUT2D eigenvalue weighted by molar-refractivity contribution is -0.0334. The summed E-state index contributed by atoms with van der Waals surface area (Å²) >= 11 is 0. The zero-order chi connectivity index (χ0) is 12.1. The summed E-state index contributed by atoms with van der Waals surface area (Å²) in [6.45, 7) is 10.4. The standard InChI is InChI=1S/C14H24O2/c1-6-10(2)8-7-9-11(3)14-15-12(4)13(5)16-14/h6,9,12-14H,7-8H2,1-5H3/b10-6+,11-9+. The van der Waals surface area contributed by atoms with Crippen LogP contribution in [0.15, 0.2) is 23.3 Å². The summed E-state index contributed by atoms with van der Waals surface area (Å²) in [6.07, 6.45) is 6.84. The Morgan fingerprint density at radius 1 is 1.12 bits per heavy atom. The summed E-state index contributed by atoms with van der Waals surface area (Å²) in [5.41, 5.74) is 2.62. The average molecular weight is 224 g/mol. The molecule has 0 amide bonds. The van der Waals surface area contributed by atoms with Gasteiger partial charge in [0.05, 0.1) is 12.2 Å². The highest BCUT2D eigenvalue weighted by Gasteiger charge is 2.30. The van der Waals surface area contributed by atoms with Crippen LogP contribution in [0.3, 0.4) is 0 Å². The molecule has 2 heteroatoms. The molecule has 1 aliphatic rings. The van der Waals surface area contributed by atoms with Gasteiger partial charge in [0.25, 0.3) is 0 Å². The van der Waals surface area contributed by atoms with Gasteiger partial charge in [-0.3, -0.25) is 0 Å². The minimum absolute atomic E-state index is 0.129. The van der Waals surface area contributed by atoms with E-state index in [4.69, 9.17) is 9.47 Å². The molecule has 0 spiro atoms. The molecule has 1 fully saturated rings. The monoisotopic (exact) mass is 224 g/mol. The lowest BCUT2D eigenvalue weighted by atomic mass is 10.1. The van der Waals surface area contributed by atoms with Gasteiger partial charge in [-0.25, -0.2) is 0 Å². The Hall–Kier alpha value is -0.600. The minimum atomic E-state index is -0.129. The van der Waals surface area contributed by atoms with Gasteiger partial charge in [0.2, 0.25) is 0 Å². The molecular weight excluding hydrogens is 200 g/mol. The number of ether oxygens (including phenoxy) is 2. The third-order valence-electron chi connectivity index (χ3n) is 3.21. The van der Waals surface area contributed by atoms with Gasteiger partial charge in [0, 0.05) is 0 Å². The Kier molecular flexibility index (Phi) is 5.23. The van der Waals surface area contributed by atoms with Crippen molar-refractivity contribution in [2.75, 3.05) is 0 Å². The SMILES string of the molecule is C/C=C(\C)CC/C=C(\C)C1OC(C)C(C)O1. The van der Waals surface area contributed by atoms with Crippen molar-refractivity contribution in [1.29, 1.82) is 0 Å². The first kappa shape index (κ1) is 13.5. The Balaban J connectivity index is 2.40. The van der Waals surface area contributed by atoms with E-state index in [1.54, 1.807) is 0 Å². The molecule has 1 rings (SSSR count). The fraction of sp³-hybridized carbons (Fsp3) is 0.714. The van der Waals surface area contributed by atoms with Gasteiger partial charge in [-0.15, -0.1) is 0 Å². The second kappa shape index (κ2) is 6.21. The van der Waals surface area contributed by atoms with E-state index in [-0.39, 0.29) is 18.5 Å². The Bertz CT molecular complexity index is 268. The van der Waals surface area contributed by atoms with Gasteiger partial charge in [-0.1, -0.05) is 17.7 Å². The summed E-state index contributed by atoms with van der Waals surface area (Å²) in [6, 6.07) is 0. The Morgan fingerprint density at radius 2 is 1.69 bits per heavy atom. The summed E-state index contributed by atoms with van der Waals surface area (Å²) < 4.78 is 11.4. The maximum Gasteiger partial charge on any atom is 0.180 e. The molecule has 92 valence electrons. The van der Waals surface area contributed by atoms with E-state index in [1.165, 1.54) is 11.1 Å². The van der Waals surface area contributed by atoms with Crippen LogP contribution >= 0.6 is 0 Å². The van der Waals surface area contributed by atoms with Crippen molar-refractivity contribution in [3.8, 4) is 0 Å². The van der Waals surface area contributed by atoms with E-state index in [0.717, 1.165) is 12.8 Å². The first-order valence-electron chi connectivity index (χ1n) is 6.14. The van der Waals surface area contributed by atoms with Crippen LogP contribution in [0, 0.1) is 0 Å². The lowest BCUT2D eigenvalue weighted by Crippen LogP contribution is -2.13. The van der Waals surface area contributed by atoms with Crippen molar-refractivity contribution < 1.29 is 9.47 Å². The number of allylic oxidation sites excluding steroid dienone is 3. The van der Waals surface area contributed by atoms with E-state index >= 15 is 0 Å². The van der Waals surface area contributed by atoms with Gasteiger partial charge in [0.1, 0.15) is 0 Å². The van der Waals surface area contributed by atoms with Gasteiger partial charge in [-0.2, -0.15) is 0 Å². The molecule has 0 aromatic heterocycles. The van der Waals surface area contributed by atoms with Crippen molar-refractivity contribution >= 4 is 0 Å². The zero-order valence-corrected chi connectivity index (χ0v) is 11.1. The lowest BCUT2D eigenvalue weighted by Gasteiger charge is -2.10. The van der Waals surface area contributed by atoms with Gasteiger partial charge >= 0.3 is 0 Å². The van der Waals surface area contributed by atoms with Crippen LogP contribution in [-0.2, 0) is 9.47 Å². The predicted octanol–water partition coefficient (Wildman–Crippen LogP) is 3.83. The number of rotatable bonds is 4. The van der Waals surface area contributed by atoms with E-state index < -0.39 is 0 Å². The molecule has 1 saturated heterocycles. The highest BCUT2D eigenvalue weighted by molar-refractivity contribution is 5.06. The quantitative estimate of drug-likeness (QED) is 0.676. The molecule has 16 heavy (non-hydrogen) atoms. The summed E-state index contributed by atoms with van der Waals surface area (Å²) in [7, 11) is 0. The van der Waals surface area contributed by atoms with Gasteiger partial charge in [0.15, 0.2) is 6.29 Å². The van der Waals surface area contributed by atoms with Crippen molar-refractivity contribution in [2.45, 2.75) is 66.0 Å². The summed E-state index contributed by atoms with van der Waals surface area (Å²) in [5.74, 6) is 0. The van der Waals surface area contributed by atoms with Crippen molar-refractivity contribution in [3.05, 3.63) is 23.3 Å². The molecule has 0 saturated carbocycles. The van der Waals surface area contributed by atoms with Crippen LogP contribution in [0.2, 0.25) is 0 Å². The van der Waals surface area contributed by atoms with Crippen LogP contribution in [0.1, 0.15) is 47.5 Å². The molecule has 0 aromatic carbocycles. The second-order valence-electron chi connectivity index (χ2n) is 4.64. The maximum atomic E-state index is 5.71. The molecule has 2 nitrogen and oxygen atoms in total. The highest BCUT2D eigenvalue weighted by atomic mass is 16.7. The molecule has 0 aliphatic carbocycles. The predicted molar refractivity (Wildman–Crippen MR) is 67.3 cm³/mol. The molecule has 1 heterocycles. The smallest absolute Gasteiger partial charge is 0.180 e.